The summed E-state index contributed by atoms with van der Waals surface area (Å²) in [7, 11) is 0. The van der Waals surface area contributed by atoms with Crippen molar-refractivity contribution in [1.29, 1.82) is 0 Å². The van der Waals surface area contributed by atoms with Crippen molar-refractivity contribution < 1.29 is 22.8 Å². The number of nitrogens with one attached hydrogen (secondary N) is 2. The predicted molar refractivity (Wildman–Crippen MR) is 166 cm³/mol. The lowest BCUT2D eigenvalue weighted by Gasteiger charge is -2.39. The van der Waals surface area contributed by atoms with Crippen LogP contribution in [0.3, 0.4) is 0 Å². The van der Waals surface area contributed by atoms with Gasteiger partial charge in [-0.3, -0.25) is 14.5 Å². The molecule has 4 aromatic rings. The Hall–Kier alpha value is -4.67. The second-order valence-electron chi connectivity index (χ2n) is 10.5. The van der Waals surface area contributed by atoms with Crippen LogP contribution in [0, 0.1) is 0 Å². The minimum Gasteiger partial charge on any atom is -0.369 e. The van der Waals surface area contributed by atoms with Crippen LogP contribution >= 0.6 is 0 Å². The second kappa shape index (κ2) is 13.7. The highest BCUT2D eigenvalue weighted by atomic mass is 19.4. The molecule has 1 aliphatic rings. The monoisotopic (exact) mass is 601 g/mol. The first kappa shape index (κ1) is 30.8. The Morgan fingerprint density at radius 1 is 0.795 bits per heavy atom. The molecule has 0 saturated carbocycles. The molecule has 0 spiro atoms. The molecule has 0 radical (unpaired) electrons. The maximum absolute atomic E-state index is 13.2. The summed E-state index contributed by atoms with van der Waals surface area (Å²) < 4.78 is 39.0. The van der Waals surface area contributed by atoms with Gasteiger partial charge in [0.1, 0.15) is 6.04 Å². The third-order valence-corrected chi connectivity index (χ3v) is 7.67. The Bertz CT molecular complexity index is 1550. The fraction of sp³-hybridized carbons (Fsp3) is 0.235. The summed E-state index contributed by atoms with van der Waals surface area (Å²) in [5.74, 6) is -0.420. The van der Waals surface area contributed by atoms with Gasteiger partial charge in [-0.25, -0.2) is 0 Å². The summed E-state index contributed by atoms with van der Waals surface area (Å²) in [6, 6.07) is 28.5. The number of nitrogens with two attached hydrogens (primary N) is 1. The summed E-state index contributed by atoms with van der Waals surface area (Å²) in [4.78, 5) is 30.7. The molecule has 44 heavy (non-hydrogen) atoms. The molecule has 1 fully saturated rings. The number of benzene rings is 4. The maximum atomic E-state index is 13.2. The molecule has 1 heterocycles. The molecular formula is C34H34F3N5O2. The molecule has 0 aromatic heterocycles. The number of carbonyl (C=O) groups excluding carboxylic acids is 2. The van der Waals surface area contributed by atoms with Crippen molar-refractivity contribution in [1.82, 2.24) is 10.2 Å². The van der Waals surface area contributed by atoms with E-state index in [9.17, 15) is 22.8 Å². The van der Waals surface area contributed by atoms with Crippen LogP contribution in [0.15, 0.2) is 103 Å². The van der Waals surface area contributed by atoms with Crippen molar-refractivity contribution in [3.63, 3.8) is 0 Å². The molecule has 2 amide bonds. The van der Waals surface area contributed by atoms with Crippen LogP contribution in [0.5, 0.6) is 0 Å². The third kappa shape index (κ3) is 7.27. The largest absolute Gasteiger partial charge is 0.416 e. The SMILES string of the molecule is NCCNC(=O)C(c1ccccc1)N1CCN(c2ccc(NC(=O)c3ccccc3-c3ccc(C(F)(F)F)cc3)cc2)CC1. The van der Waals surface area contributed by atoms with E-state index >= 15 is 0 Å². The Labute approximate surface area is 254 Å². The number of nitrogens with zero attached hydrogens (tertiary/aromatic N) is 2. The minimum absolute atomic E-state index is 0.0601. The van der Waals surface area contributed by atoms with Gasteiger partial charge < -0.3 is 21.3 Å². The molecule has 0 bridgehead atoms. The average molecular weight is 602 g/mol. The van der Waals surface area contributed by atoms with Crippen molar-refractivity contribution in [2.45, 2.75) is 12.2 Å². The van der Waals surface area contributed by atoms with Gasteiger partial charge in [-0.15, -0.1) is 0 Å². The Morgan fingerprint density at radius 3 is 2.07 bits per heavy atom. The number of alkyl halides is 3. The van der Waals surface area contributed by atoms with Crippen LogP contribution in [0.4, 0.5) is 24.5 Å². The molecule has 1 saturated heterocycles. The first-order valence-corrected chi connectivity index (χ1v) is 14.4. The number of hydrogen-bond donors (Lipinski definition) is 3. The number of carbonyl (C=O) groups is 2. The van der Waals surface area contributed by atoms with Crippen LogP contribution in [-0.2, 0) is 11.0 Å². The maximum Gasteiger partial charge on any atom is 0.416 e. The number of piperazine rings is 1. The van der Waals surface area contributed by atoms with Crippen molar-refractivity contribution in [3.8, 4) is 11.1 Å². The lowest BCUT2D eigenvalue weighted by Crippen LogP contribution is -2.51. The third-order valence-electron chi connectivity index (χ3n) is 7.67. The van der Waals surface area contributed by atoms with E-state index in [4.69, 9.17) is 5.73 Å². The summed E-state index contributed by atoms with van der Waals surface area (Å²) in [6.07, 6.45) is -4.43. The zero-order valence-electron chi connectivity index (χ0n) is 24.1. The number of anilines is 2. The molecule has 1 aliphatic heterocycles. The minimum atomic E-state index is -4.43. The van der Waals surface area contributed by atoms with E-state index in [1.165, 1.54) is 12.1 Å². The van der Waals surface area contributed by atoms with Crippen LogP contribution < -0.4 is 21.3 Å². The highest BCUT2D eigenvalue weighted by molar-refractivity contribution is 6.08. The molecular weight excluding hydrogens is 567 g/mol. The van der Waals surface area contributed by atoms with E-state index in [1.54, 1.807) is 24.3 Å². The number of rotatable bonds is 9. The molecule has 10 heteroatoms. The smallest absolute Gasteiger partial charge is 0.369 e. The highest BCUT2D eigenvalue weighted by Crippen LogP contribution is 2.32. The molecule has 4 N–H and O–H groups in total. The van der Waals surface area contributed by atoms with Gasteiger partial charge in [0, 0.05) is 56.2 Å². The molecule has 5 rings (SSSR count). The van der Waals surface area contributed by atoms with E-state index < -0.39 is 17.8 Å². The van der Waals surface area contributed by atoms with E-state index in [0.29, 0.717) is 48.6 Å². The van der Waals surface area contributed by atoms with Crippen LogP contribution in [0.1, 0.15) is 27.5 Å². The Balaban J connectivity index is 1.23. The summed E-state index contributed by atoms with van der Waals surface area (Å²) >= 11 is 0. The standard InChI is InChI=1S/C34H34F3N5O2/c35-34(36,37)26-12-10-24(11-13-26)29-8-4-5-9-30(29)32(43)40-27-14-16-28(17-15-27)41-20-22-42(23-21-41)31(33(44)39-19-18-38)25-6-2-1-3-7-25/h1-17,31H,18-23,38H2,(H,39,44)(H,40,43). The first-order chi connectivity index (χ1) is 21.2. The van der Waals surface area contributed by atoms with Crippen LogP contribution in [0.2, 0.25) is 0 Å². The summed E-state index contributed by atoms with van der Waals surface area (Å²) in [5.41, 5.74) is 8.81. The van der Waals surface area contributed by atoms with E-state index in [-0.39, 0.29) is 11.8 Å². The Morgan fingerprint density at radius 2 is 1.43 bits per heavy atom. The fourth-order valence-electron chi connectivity index (χ4n) is 5.42. The van der Waals surface area contributed by atoms with Gasteiger partial charge in [0.15, 0.2) is 0 Å². The fourth-order valence-corrected chi connectivity index (χ4v) is 5.42. The van der Waals surface area contributed by atoms with Gasteiger partial charge in [-0.1, -0.05) is 60.7 Å². The lowest BCUT2D eigenvalue weighted by atomic mass is 9.98. The van der Waals surface area contributed by atoms with Crippen LogP contribution in [-0.4, -0.2) is 56.0 Å². The van der Waals surface area contributed by atoms with Crippen LogP contribution in [0.25, 0.3) is 11.1 Å². The summed E-state index contributed by atoms with van der Waals surface area (Å²) in [5, 5.41) is 5.83. The lowest BCUT2D eigenvalue weighted by molar-refractivity contribution is -0.137. The van der Waals surface area contributed by atoms with Gasteiger partial charge in [-0.2, -0.15) is 13.2 Å². The average Bonchev–Trinajstić information content (AvgIpc) is 3.05. The van der Waals surface area contributed by atoms with E-state index in [0.717, 1.165) is 36.5 Å². The second-order valence-corrected chi connectivity index (χ2v) is 10.5. The number of hydrogen-bond acceptors (Lipinski definition) is 5. The topological polar surface area (TPSA) is 90.7 Å². The van der Waals surface area contributed by atoms with Gasteiger partial charge in [0.05, 0.1) is 5.56 Å². The first-order valence-electron chi connectivity index (χ1n) is 14.4. The van der Waals surface area contributed by atoms with Gasteiger partial charge in [0.2, 0.25) is 5.91 Å². The highest BCUT2D eigenvalue weighted by Gasteiger charge is 2.31. The quantitative estimate of drug-likeness (QED) is 0.234. The van der Waals surface area contributed by atoms with Gasteiger partial charge in [0.25, 0.3) is 5.91 Å². The number of halogens is 3. The van der Waals surface area contributed by atoms with Crippen molar-refractivity contribution in [2.24, 2.45) is 5.73 Å². The zero-order valence-corrected chi connectivity index (χ0v) is 24.1. The molecule has 1 atom stereocenters. The van der Waals surface area contributed by atoms with E-state index in [1.807, 2.05) is 54.6 Å². The molecule has 4 aromatic carbocycles. The molecule has 0 aliphatic carbocycles. The normalized spacial score (nSPS) is 14.6. The molecule has 7 nitrogen and oxygen atoms in total. The zero-order chi connectivity index (χ0) is 31.1. The van der Waals surface area contributed by atoms with E-state index in [2.05, 4.69) is 20.4 Å². The molecule has 228 valence electrons. The van der Waals surface area contributed by atoms with Gasteiger partial charge >= 0.3 is 6.18 Å². The van der Waals surface area contributed by atoms with Gasteiger partial charge in [-0.05, 0) is 59.2 Å². The van der Waals surface area contributed by atoms with Crippen molar-refractivity contribution in [3.05, 3.63) is 120 Å². The predicted octanol–water partition coefficient (Wildman–Crippen LogP) is 5.56. The summed E-state index contributed by atoms with van der Waals surface area (Å²) in [6.45, 7) is 3.62. The number of amides is 2. The van der Waals surface area contributed by atoms with Crippen molar-refractivity contribution in [2.75, 3.05) is 49.5 Å². The Kier molecular flexibility index (Phi) is 9.62. The van der Waals surface area contributed by atoms with Crippen molar-refractivity contribution >= 4 is 23.2 Å². The molecule has 1 unspecified atom stereocenters.